The quantitative estimate of drug-likeness (QED) is 0.698. The molecular formula is C18H22F3N3O5S. The third-order valence-electron chi connectivity index (χ3n) is 5.26. The lowest BCUT2D eigenvalue weighted by Crippen LogP contribution is -2.39. The first-order valence-electron chi connectivity index (χ1n) is 9.27. The molecule has 1 aromatic rings. The summed E-state index contributed by atoms with van der Waals surface area (Å²) in [4.78, 5) is 24.5. The first-order chi connectivity index (χ1) is 13.9. The van der Waals surface area contributed by atoms with E-state index in [4.69, 9.17) is 0 Å². The molecule has 0 unspecified atom stereocenters. The van der Waals surface area contributed by atoms with Crippen LogP contribution >= 0.6 is 0 Å². The molecular weight excluding hydrogens is 427 g/mol. The summed E-state index contributed by atoms with van der Waals surface area (Å²) in [6, 6.07) is 4.89. The molecule has 1 saturated heterocycles. The number of fused-ring (bicyclic) bond motifs is 1. The van der Waals surface area contributed by atoms with Crippen molar-refractivity contribution in [2.45, 2.75) is 31.8 Å². The summed E-state index contributed by atoms with van der Waals surface area (Å²) in [5.41, 5.74) is 0.599. The standard InChI is InChI=1S/C18H22F3N3O5S/c1-30(27,28)24-9-13-6-12(7-15(13)23-16(25)10-24)17(26)22-8-11-2-4-14(5-3-11)29-18(19,20)21/h2-5,12-13,15H,6-10H2,1H3,(H,22,26)(H,23,25)/t12-,13+,15+/m0/s1. The van der Waals surface area contributed by atoms with Gasteiger partial charge in [-0.15, -0.1) is 13.2 Å². The molecule has 1 aliphatic heterocycles. The lowest BCUT2D eigenvalue weighted by atomic mass is 10.0. The Balaban J connectivity index is 1.55. The van der Waals surface area contributed by atoms with Crippen LogP contribution in [-0.4, -0.2) is 56.3 Å². The van der Waals surface area contributed by atoms with Gasteiger partial charge in [0.25, 0.3) is 0 Å². The Hall–Kier alpha value is -2.34. The van der Waals surface area contributed by atoms with E-state index in [0.717, 1.165) is 22.7 Å². The SMILES string of the molecule is CS(=O)(=O)N1CC(=O)N[C@@H]2C[C@@H](C(=O)NCc3ccc(OC(F)(F)F)cc3)C[C@@H]2C1. The van der Waals surface area contributed by atoms with Gasteiger partial charge in [0.05, 0.1) is 12.8 Å². The molecule has 2 fully saturated rings. The number of alkyl halides is 3. The number of hydrogen-bond donors (Lipinski definition) is 2. The van der Waals surface area contributed by atoms with Crippen molar-refractivity contribution in [3.63, 3.8) is 0 Å². The van der Waals surface area contributed by atoms with E-state index < -0.39 is 28.2 Å². The molecule has 1 heterocycles. The minimum atomic E-state index is -4.77. The maximum Gasteiger partial charge on any atom is 0.573 e. The maximum atomic E-state index is 12.5. The van der Waals surface area contributed by atoms with E-state index in [1.165, 1.54) is 12.1 Å². The molecule has 12 heteroatoms. The zero-order valence-corrected chi connectivity index (χ0v) is 16.9. The predicted molar refractivity (Wildman–Crippen MR) is 99.5 cm³/mol. The van der Waals surface area contributed by atoms with Crippen molar-refractivity contribution >= 4 is 21.8 Å². The van der Waals surface area contributed by atoms with Crippen molar-refractivity contribution in [2.75, 3.05) is 19.3 Å². The highest BCUT2D eigenvalue weighted by atomic mass is 32.2. The lowest BCUT2D eigenvalue weighted by Gasteiger charge is -2.20. The highest BCUT2D eigenvalue weighted by Gasteiger charge is 2.42. The van der Waals surface area contributed by atoms with Crippen molar-refractivity contribution in [3.05, 3.63) is 29.8 Å². The zero-order valence-electron chi connectivity index (χ0n) is 16.1. The van der Waals surface area contributed by atoms with Crippen LogP contribution in [0.4, 0.5) is 13.2 Å². The molecule has 166 valence electrons. The van der Waals surface area contributed by atoms with E-state index in [1.54, 1.807) is 0 Å². The van der Waals surface area contributed by atoms with Gasteiger partial charge in [-0.1, -0.05) is 12.1 Å². The highest BCUT2D eigenvalue weighted by molar-refractivity contribution is 7.88. The summed E-state index contributed by atoms with van der Waals surface area (Å²) in [6.07, 6.45) is -2.89. The molecule has 2 amide bonds. The van der Waals surface area contributed by atoms with Gasteiger partial charge in [0, 0.05) is 25.0 Å². The average molecular weight is 449 g/mol. The molecule has 1 aromatic carbocycles. The normalized spacial score (nSPS) is 25.2. The number of carbonyl (C=O) groups excluding carboxylic acids is 2. The average Bonchev–Trinajstić information content (AvgIpc) is 2.93. The van der Waals surface area contributed by atoms with Crippen molar-refractivity contribution in [2.24, 2.45) is 11.8 Å². The Labute approximate surface area is 171 Å². The minimum absolute atomic E-state index is 0.124. The van der Waals surface area contributed by atoms with Crippen LogP contribution < -0.4 is 15.4 Å². The Bertz CT molecular complexity index is 905. The molecule has 8 nitrogen and oxygen atoms in total. The molecule has 0 bridgehead atoms. The fourth-order valence-electron chi connectivity index (χ4n) is 3.85. The number of carbonyl (C=O) groups is 2. The van der Waals surface area contributed by atoms with E-state index in [-0.39, 0.29) is 43.3 Å². The van der Waals surface area contributed by atoms with E-state index >= 15 is 0 Å². The van der Waals surface area contributed by atoms with Gasteiger partial charge >= 0.3 is 6.36 Å². The van der Waals surface area contributed by atoms with Crippen molar-refractivity contribution in [1.82, 2.24) is 14.9 Å². The Morgan fingerprint density at radius 3 is 2.53 bits per heavy atom. The van der Waals surface area contributed by atoms with Gasteiger partial charge in [-0.2, -0.15) is 4.31 Å². The van der Waals surface area contributed by atoms with Crippen LogP contribution in [0.5, 0.6) is 5.75 Å². The summed E-state index contributed by atoms with van der Waals surface area (Å²) < 4.78 is 65.2. The van der Waals surface area contributed by atoms with E-state index in [9.17, 15) is 31.2 Å². The van der Waals surface area contributed by atoms with Crippen LogP contribution in [0.15, 0.2) is 24.3 Å². The molecule has 3 rings (SSSR count). The summed E-state index contributed by atoms with van der Waals surface area (Å²) in [7, 11) is -3.53. The summed E-state index contributed by atoms with van der Waals surface area (Å²) in [5, 5.41) is 5.54. The van der Waals surface area contributed by atoms with Gasteiger partial charge in [-0.05, 0) is 36.5 Å². The smallest absolute Gasteiger partial charge is 0.406 e. The van der Waals surface area contributed by atoms with E-state index in [0.29, 0.717) is 18.4 Å². The second kappa shape index (κ2) is 8.42. The molecule has 0 radical (unpaired) electrons. The number of ether oxygens (including phenoxy) is 1. The Morgan fingerprint density at radius 1 is 1.27 bits per heavy atom. The van der Waals surface area contributed by atoms with E-state index in [1.807, 2.05) is 0 Å². The summed E-state index contributed by atoms with van der Waals surface area (Å²) in [5.74, 6) is -1.55. The first kappa shape index (κ1) is 22.3. The molecule has 3 atom stereocenters. The van der Waals surface area contributed by atoms with Crippen molar-refractivity contribution < 1.29 is 35.9 Å². The van der Waals surface area contributed by atoms with Crippen LogP contribution in [0.1, 0.15) is 18.4 Å². The minimum Gasteiger partial charge on any atom is -0.406 e. The predicted octanol–water partition coefficient (Wildman–Crippen LogP) is 0.988. The van der Waals surface area contributed by atoms with Gasteiger partial charge in [0.15, 0.2) is 0 Å². The second-order valence-electron chi connectivity index (χ2n) is 7.57. The van der Waals surface area contributed by atoms with Crippen molar-refractivity contribution in [3.8, 4) is 5.75 Å². The molecule has 1 aliphatic carbocycles. The number of nitrogens with zero attached hydrogens (tertiary/aromatic N) is 1. The largest absolute Gasteiger partial charge is 0.573 e. The van der Waals surface area contributed by atoms with Crippen molar-refractivity contribution in [1.29, 1.82) is 0 Å². The third kappa shape index (κ3) is 5.85. The fourth-order valence-corrected chi connectivity index (χ4v) is 4.67. The van der Waals surface area contributed by atoms with Gasteiger partial charge in [-0.25, -0.2) is 8.42 Å². The van der Waals surface area contributed by atoms with Crippen LogP contribution in [0.25, 0.3) is 0 Å². The molecule has 1 saturated carbocycles. The number of benzene rings is 1. The summed E-state index contributed by atoms with van der Waals surface area (Å²) in [6.45, 7) is 0.0716. The van der Waals surface area contributed by atoms with Crippen LogP contribution in [-0.2, 0) is 26.2 Å². The number of hydrogen-bond acceptors (Lipinski definition) is 5. The number of rotatable bonds is 5. The molecule has 2 N–H and O–H groups in total. The number of amides is 2. The molecule has 0 aromatic heterocycles. The lowest BCUT2D eigenvalue weighted by molar-refractivity contribution is -0.274. The van der Waals surface area contributed by atoms with Gasteiger partial charge < -0.3 is 15.4 Å². The van der Waals surface area contributed by atoms with Gasteiger partial charge in [0.2, 0.25) is 21.8 Å². The number of sulfonamides is 1. The topological polar surface area (TPSA) is 105 Å². The monoisotopic (exact) mass is 449 g/mol. The van der Waals surface area contributed by atoms with Crippen LogP contribution in [0.2, 0.25) is 0 Å². The zero-order chi connectivity index (χ0) is 22.1. The fraction of sp³-hybridized carbons (Fsp3) is 0.556. The number of halogens is 3. The maximum absolute atomic E-state index is 12.5. The van der Waals surface area contributed by atoms with E-state index in [2.05, 4.69) is 15.4 Å². The number of nitrogens with one attached hydrogen (secondary N) is 2. The Kier molecular flexibility index (Phi) is 6.27. The Morgan fingerprint density at radius 2 is 1.93 bits per heavy atom. The molecule has 30 heavy (non-hydrogen) atoms. The van der Waals surface area contributed by atoms with Crippen LogP contribution in [0.3, 0.4) is 0 Å². The van der Waals surface area contributed by atoms with Crippen LogP contribution in [0, 0.1) is 11.8 Å². The first-order valence-corrected chi connectivity index (χ1v) is 11.1. The van der Waals surface area contributed by atoms with Gasteiger partial charge in [-0.3, -0.25) is 9.59 Å². The highest BCUT2D eigenvalue weighted by Crippen LogP contribution is 2.34. The molecule has 2 aliphatic rings. The third-order valence-corrected chi connectivity index (χ3v) is 6.48. The summed E-state index contributed by atoms with van der Waals surface area (Å²) >= 11 is 0. The van der Waals surface area contributed by atoms with Gasteiger partial charge in [0.1, 0.15) is 5.75 Å². The second-order valence-corrected chi connectivity index (χ2v) is 9.55. The molecule has 0 spiro atoms.